The predicted octanol–water partition coefficient (Wildman–Crippen LogP) is 1.50. The van der Waals surface area contributed by atoms with Gasteiger partial charge in [-0.15, -0.1) is 0 Å². The SMILES string of the molecule is O=C(O)c1ccc(Br)c(NC(=O)C2COCCO2)c1. The maximum Gasteiger partial charge on any atom is 0.335 e. The zero-order valence-corrected chi connectivity index (χ0v) is 11.5. The van der Waals surface area contributed by atoms with Crippen LogP contribution in [0.25, 0.3) is 0 Å². The summed E-state index contributed by atoms with van der Waals surface area (Å²) in [5.74, 6) is -1.41. The number of amides is 1. The number of carbonyl (C=O) groups is 2. The van der Waals surface area contributed by atoms with Gasteiger partial charge in [0.1, 0.15) is 0 Å². The lowest BCUT2D eigenvalue weighted by Gasteiger charge is -2.22. The average molecular weight is 330 g/mol. The topological polar surface area (TPSA) is 84.9 Å². The molecule has 0 spiro atoms. The van der Waals surface area contributed by atoms with Gasteiger partial charge in [0.05, 0.1) is 31.1 Å². The molecule has 1 aromatic rings. The Hall–Kier alpha value is -1.44. The number of carbonyl (C=O) groups excluding carboxylic acids is 1. The number of benzene rings is 1. The fourth-order valence-corrected chi connectivity index (χ4v) is 1.95. The zero-order chi connectivity index (χ0) is 13.8. The third-order valence-electron chi connectivity index (χ3n) is 2.58. The van der Waals surface area contributed by atoms with Gasteiger partial charge < -0.3 is 19.9 Å². The molecule has 102 valence electrons. The Kier molecular flexibility index (Phi) is 4.52. The van der Waals surface area contributed by atoms with E-state index in [1.807, 2.05) is 0 Å². The Labute approximate surface area is 117 Å². The first-order chi connectivity index (χ1) is 9.08. The molecule has 0 bridgehead atoms. The van der Waals surface area contributed by atoms with Crippen molar-refractivity contribution in [3.05, 3.63) is 28.2 Å². The molecule has 2 rings (SSSR count). The molecule has 6 nitrogen and oxygen atoms in total. The molecule has 0 aliphatic carbocycles. The van der Waals surface area contributed by atoms with E-state index in [-0.39, 0.29) is 18.1 Å². The highest BCUT2D eigenvalue weighted by molar-refractivity contribution is 9.10. The Balaban J connectivity index is 2.11. The second-order valence-corrected chi connectivity index (χ2v) is 4.78. The lowest BCUT2D eigenvalue weighted by molar-refractivity contribution is -0.142. The van der Waals surface area contributed by atoms with Gasteiger partial charge in [-0.1, -0.05) is 0 Å². The molecular weight excluding hydrogens is 318 g/mol. The lowest BCUT2D eigenvalue weighted by atomic mass is 10.2. The smallest absolute Gasteiger partial charge is 0.335 e. The van der Waals surface area contributed by atoms with Crippen LogP contribution in [0.3, 0.4) is 0 Å². The van der Waals surface area contributed by atoms with Crippen LogP contribution in [0.15, 0.2) is 22.7 Å². The minimum absolute atomic E-state index is 0.0966. The largest absolute Gasteiger partial charge is 0.478 e. The summed E-state index contributed by atoms with van der Waals surface area (Å²) in [4.78, 5) is 22.8. The van der Waals surface area contributed by atoms with Gasteiger partial charge in [-0.2, -0.15) is 0 Å². The fourth-order valence-electron chi connectivity index (χ4n) is 1.61. The highest BCUT2D eigenvalue weighted by Gasteiger charge is 2.23. The number of hydrogen-bond acceptors (Lipinski definition) is 4. The van der Waals surface area contributed by atoms with Crippen LogP contribution < -0.4 is 5.32 Å². The highest BCUT2D eigenvalue weighted by Crippen LogP contribution is 2.24. The zero-order valence-electron chi connectivity index (χ0n) is 9.89. The van der Waals surface area contributed by atoms with E-state index in [9.17, 15) is 9.59 Å². The third kappa shape index (κ3) is 3.52. The van der Waals surface area contributed by atoms with Crippen molar-refractivity contribution in [3.8, 4) is 0 Å². The van der Waals surface area contributed by atoms with Crippen molar-refractivity contribution in [1.29, 1.82) is 0 Å². The highest BCUT2D eigenvalue weighted by atomic mass is 79.9. The number of rotatable bonds is 3. The number of hydrogen-bond donors (Lipinski definition) is 2. The van der Waals surface area contributed by atoms with E-state index < -0.39 is 12.1 Å². The van der Waals surface area contributed by atoms with Crippen molar-refractivity contribution < 1.29 is 24.2 Å². The van der Waals surface area contributed by atoms with Crippen LogP contribution >= 0.6 is 15.9 Å². The summed E-state index contributed by atoms with van der Waals surface area (Å²) in [6.45, 7) is 1.04. The first kappa shape index (κ1) is 14.0. The Morgan fingerprint density at radius 3 is 2.79 bits per heavy atom. The minimum Gasteiger partial charge on any atom is -0.478 e. The molecule has 0 aromatic heterocycles. The summed E-state index contributed by atoms with van der Waals surface area (Å²) in [5.41, 5.74) is 0.485. The molecule has 1 aromatic carbocycles. The number of halogens is 1. The summed E-state index contributed by atoms with van der Waals surface area (Å²) < 4.78 is 11.0. The van der Waals surface area contributed by atoms with Crippen LogP contribution in [0.5, 0.6) is 0 Å². The maximum absolute atomic E-state index is 11.9. The van der Waals surface area contributed by atoms with Crippen molar-refractivity contribution in [1.82, 2.24) is 0 Å². The van der Waals surface area contributed by atoms with Gasteiger partial charge in [0, 0.05) is 4.47 Å². The monoisotopic (exact) mass is 329 g/mol. The van der Waals surface area contributed by atoms with E-state index >= 15 is 0 Å². The number of carboxylic acid groups (broad SMARTS) is 1. The second-order valence-electron chi connectivity index (χ2n) is 3.92. The predicted molar refractivity (Wildman–Crippen MR) is 70.3 cm³/mol. The van der Waals surface area contributed by atoms with Gasteiger partial charge in [0.15, 0.2) is 6.10 Å². The molecule has 1 aliphatic heterocycles. The Morgan fingerprint density at radius 2 is 2.16 bits per heavy atom. The molecule has 1 atom stereocenters. The third-order valence-corrected chi connectivity index (χ3v) is 3.27. The molecule has 1 unspecified atom stereocenters. The Morgan fingerprint density at radius 1 is 1.37 bits per heavy atom. The average Bonchev–Trinajstić information content (AvgIpc) is 2.42. The fraction of sp³-hybridized carbons (Fsp3) is 0.333. The maximum atomic E-state index is 11.9. The van der Waals surface area contributed by atoms with Crippen molar-refractivity contribution >= 4 is 33.5 Å². The number of ether oxygens (including phenoxy) is 2. The van der Waals surface area contributed by atoms with Crippen LogP contribution in [0, 0.1) is 0 Å². The molecule has 1 fully saturated rings. The van der Waals surface area contributed by atoms with Crippen LogP contribution in [0.2, 0.25) is 0 Å². The number of aromatic carboxylic acids is 1. The normalized spacial score (nSPS) is 18.9. The van der Waals surface area contributed by atoms with Crippen LogP contribution in [-0.2, 0) is 14.3 Å². The molecular formula is C12H12BrNO5. The number of nitrogens with one attached hydrogen (secondary N) is 1. The molecule has 1 heterocycles. The summed E-state index contributed by atoms with van der Waals surface area (Å²) in [7, 11) is 0. The molecule has 1 amide bonds. The quantitative estimate of drug-likeness (QED) is 0.877. The van der Waals surface area contributed by atoms with Crippen molar-refractivity contribution in [2.75, 3.05) is 25.1 Å². The van der Waals surface area contributed by atoms with Crippen LogP contribution in [-0.4, -0.2) is 42.9 Å². The molecule has 0 radical (unpaired) electrons. The van der Waals surface area contributed by atoms with Gasteiger partial charge >= 0.3 is 5.97 Å². The minimum atomic E-state index is -1.06. The van der Waals surface area contributed by atoms with Gasteiger partial charge in [0.2, 0.25) is 0 Å². The van der Waals surface area contributed by atoms with Gasteiger partial charge in [-0.3, -0.25) is 4.79 Å². The molecule has 0 saturated carbocycles. The van der Waals surface area contributed by atoms with Gasteiger partial charge in [0.25, 0.3) is 5.91 Å². The molecule has 7 heteroatoms. The van der Waals surface area contributed by atoms with E-state index in [4.69, 9.17) is 14.6 Å². The van der Waals surface area contributed by atoms with Crippen LogP contribution in [0.4, 0.5) is 5.69 Å². The van der Waals surface area contributed by atoms with Gasteiger partial charge in [-0.05, 0) is 34.1 Å². The van der Waals surface area contributed by atoms with Gasteiger partial charge in [-0.25, -0.2) is 4.79 Å². The summed E-state index contributed by atoms with van der Waals surface area (Å²) in [6.07, 6.45) is -0.672. The van der Waals surface area contributed by atoms with Crippen molar-refractivity contribution in [2.45, 2.75) is 6.10 Å². The summed E-state index contributed by atoms with van der Waals surface area (Å²) in [6, 6.07) is 4.40. The summed E-state index contributed by atoms with van der Waals surface area (Å²) in [5, 5.41) is 11.5. The van der Waals surface area contributed by atoms with E-state index in [2.05, 4.69) is 21.2 Å². The van der Waals surface area contributed by atoms with E-state index in [0.29, 0.717) is 23.4 Å². The van der Waals surface area contributed by atoms with E-state index in [0.717, 1.165) is 0 Å². The Bertz CT molecular complexity index is 499. The van der Waals surface area contributed by atoms with E-state index in [1.54, 1.807) is 6.07 Å². The molecule has 2 N–H and O–H groups in total. The van der Waals surface area contributed by atoms with E-state index in [1.165, 1.54) is 12.1 Å². The number of anilines is 1. The molecule has 1 saturated heterocycles. The molecule has 19 heavy (non-hydrogen) atoms. The van der Waals surface area contributed by atoms with Crippen molar-refractivity contribution in [3.63, 3.8) is 0 Å². The summed E-state index contributed by atoms with van der Waals surface area (Å²) >= 11 is 3.25. The molecule has 1 aliphatic rings. The second kappa shape index (κ2) is 6.14. The first-order valence-electron chi connectivity index (χ1n) is 5.61. The first-order valence-corrected chi connectivity index (χ1v) is 6.40. The number of carboxylic acids is 1. The standard InChI is InChI=1S/C12H12BrNO5/c13-8-2-1-7(12(16)17)5-9(8)14-11(15)10-6-18-3-4-19-10/h1-2,5,10H,3-4,6H2,(H,14,15)(H,16,17). The lowest BCUT2D eigenvalue weighted by Crippen LogP contribution is -2.39. The van der Waals surface area contributed by atoms with Crippen LogP contribution in [0.1, 0.15) is 10.4 Å². The van der Waals surface area contributed by atoms with Crippen molar-refractivity contribution in [2.24, 2.45) is 0 Å².